The van der Waals surface area contributed by atoms with Gasteiger partial charge in [-0.05, 0) is 37.4 Å². The number of nitrogens with one attached hydrogen (secondary N) is 1. The van der Waals surface area contributed by atoms with Crippen molar-refractivity contribution in [1.82, 2.24) is 4.98 Å². The minimum absolute atomic E-state index is 0.217. The fourth-order valence-corrected chi connectivity index (χ4v) is 2.47. The fraction of sp³-hybridized carbons (Fsp3) is 0.188. The number of hydrogen-bond donors (Lipinski definition) is 1. The van der Waals surface area contributed by atoms with Crippen molar-refractivity contribution < 1.29 is 19.2 Å². The average molecular weight is 396 g/mol. The van der Waals surface area contributed by atoms with Crippen molar-refractivity contribution in [2.75, 3.05) is 11.6 Å². The first kappa shape index (κ1) is 19.7. The number of benzene rings is 1. The Morgan fingerprint density at radius 3 is 2.65 bits per heavy atom. The number of carbonyl (C=O) groups excluding carboxylic acids is 2. The van der Waals surface area contributed by atoms with Crippen LogP contribution in [0.25, 0.3) is 0 Å². The number of aromatic nitrogens is 1. The van der Waals surface area contributed by atoms with Crippen LogP contribution in [0.2, 0.25) is 5.02 Å². The first-order valence-corrected chi connectivity index (χ1v) is 8.88. The first-order chi connectivity index (χ1) is 12.3. The van der Waals surface area contributed by atoms with E-state index in [9.17, 15) is 19.7 Å². The normalized spacial score (nSPS) is 11.5. The van der Waals surface area contributed by atoms with Crippen molar-refractivity contribution in [2.24, 2.45) is 0 Å². The van der Waals surface area contributed by atoms with Crippen LogP contribution >= 0.6 is 23.4 Å². The Morgan fingerprint density at radius 1 is 1.35 bits per heavy atom. The number of ether oxygens (including phenoxy) is 1. The number of halogens is 1. The van der Waals surface area contributed by atoms with Crippen LogP contribution in [0.3, 0.4) is 0 Å². The second-order valence-corrected chi connectivity index (χ2v) is 6.35. The van der Waals surface area contributed by atoms with E-state index in [1.807, 2.05) is 0 Å². The number of nitro groups is 1. The van der Waals surface area contributed by atoms with Crippen LogP contribution in [0.5, 0.6) is 0 Å². The van der Waals surface area contributed by atoms with Gasteiger partial charge in [0.05, 0.1) is 9.95 Å². The number of carbonyl (C=O) groups is 2. The standard InChI is InChI=1S/C16H14ClN3O5S/c1-9(15(21)19-14-6-3-10(17)8-18-14)25-16(22)12-7-11(26-2)4-5-13(12)20(23)24/h3-9H,1-2H3,(H,18,19,21)/t9-/m1/s1. The summed E-state index contributed by atoms with van der Waals surface area (Å²) >= 11 is 7.03. The van der Waals surface area contributed by atoms with Crippen LogP contribution in [-0.4, -0.2) is 34.1 Å². The van der Waals surface area contributed by atoms with Gasteiger partial charge in [0.25, 0.3) is 11.6 Å². The van der Waals surface area contributed by atoms with Crippen LogP contribution in [0.4, 0.5) is 11.5 Å². The van der Waals surface area contributed by atoms with Crippen molar-refractivity contribution in [1.29, 1.82) is 0 Å². The molecule has 0 aliphatic heterocycles. The lowest BCUT2D eigenvalue weighted by Crippen LogP contribution is -2.30. The van der Waals surface area contributed by atoms with E-state index in [4.69, 9.17) is 16.3 Å². The maximum atomic E-state index is 12.3. The van der Waals surface area contributed by atoms with E-state index < -0.39 is 22.9 Å². The van der Waals surface area contributed by atoms with Gasteiger partial charge in [0, 0.05) is 17.2 Å². The second-order valence-electron chi connectivity index (χ2n) is 5.04. The van der Waals surface area contributed by atoms with E-state index in [1.165, 1.54) is 55.2 Å². The van der Waals surface area contributed by atoms with Gasteiger partial charge in [-0.3, -0.25) is 14.9 Å². The maximum Gasteiger partial charge on any atom is 0.345 e. The molecule has 1 amide bonds. The van der Waals surface area contributed by atoms with Gasteiger partial charge in [-0.25, -0.2) is 9.78 Å². The van der Waals surface area contributed by atoms with Gasteiger partial charge < -0.3 is 10.1 Å². The summed E-state index contributed by atoms with van der Waals surface area (Å²) in [6, 6.07) is 7.14. The summed E-state index contributed by atoms with van der Waals surface area (Å²) in [4.78, 5) is 39.4. The molecule has 136 valence electrons. The van der Waals surface area contributed by atoms with Gasteiger partial charge in [0.2, 0.25) is 0 Å². The molecule has 1 heterocycles. The third-order valence-electron chi connectivity index (χ3n) is 3.25. The van der Waals surface area contributed by atoms with Crippen molar-refractivity contribution in [3.05, 3.63) is 57.2 Å². The summed E-state index contributed by atoms with van der Waals surface area (Å²) in [5.41, 5.74) is -0.606. The maximum absolute atomic E-state index is 12.3. The highest BCUT2D eigenvalue weighted by Gasteiger charge is 2.26. The van der Waals surface area contributed by atoms with Gasteiger partial charge in [0.15, 0.2) is 6.10 Å². The van der Waals surface area contributed by atoms with E-state index in [-0.39, 0.29) is 17.1 Å². The molecule has 0 aliphatic rings. The van der Waals surface area contributed by atoms with E-state index in [1.54, 1.807) is 6.26 Å². The lowest BCUT2D eigenvalue weighted by atomic mass is 10.2. The number of amides is 1. The smallest absolute Gasteiger partial charge is 0.345 e. The quantitative estimate of drug-likeness (QED) is 0.344. The third-order valence-corrected chi connectivity index (χ3v) is 4.20. The Hall–Kier alpha value is -2.65. The van der Waals surface area contributed by atoms with Gasteiger partial charge in [-0.1, -0.05) is 11.6 Å². The number of nitrogens with zero attached hydrogens (tertiary/aromatic N) is 2. The first-order valence-electron chi connectivity index (χ1n) is 7.27. The molecule has 0 bridgehead atoms. The lowest BCUT2D eigenvalue weighted by Gasteiger charge is -2.13. The topological polar surface area (TPSA) is 111 Å². The minimum atomic E-state index is -1.18. The predicted octanol–water partition coefficient (Wildman–Crippen LogP) is 3.55. The van der Waals surface area contributed by atoms with Crippen LogP contribution in [-0.2, 0) is 9.53 Å². The molecular weight excluding hydrogens is 382 g/mol. The van der Waals surface area contributed by atoms with E-state index in [0.717, 1.165) is 0 Å². The highest BCUT2D eigenvalue weighted by Crippen LogP contribution is 2.25. The number of pyridine rings is 1. The van der Waals surface area contributed by atoms with Crippen molar-refractivity contribution in [2.45, 2.75) is 17.9 Å². The Morgan fingerprint density at radius 2 is 2.08 bits per heavy atom. The molecule has 1 atom stereocenters. The third kappa shape index (κ3) is 4.93. The molecule has 0 aliphatic carbocycles. The van der Waals surface area contributed by atoms with Crippen molar-refractivity contribution in [3.63, 3.8) is 0 Å². The molecular formula is C16H14ClN3O5S. The molecule has 0 radical (unpaired) electrons. The average Bonchev–Trinajstić information content (AvgIpc) is 2.62. The molecule has 0 saturated carbocycles. The van der Waals surface area contributed by atoms with Crippen molar-refractivity contribution >= 4 is 46.7 Å². The van der Waals surface area contributed by atoms with Gasteiger partial charge in [-0.15, -0.1) is 11.8 Å². The summed E-state index contributed by atoms with van der Waals surface area (Å²) in [6.45, 7) is 1.35. The number of nitro benzene ring substituents is 1. The Labute approximate surface area is 158 Å². The zero-order chi connectivity index (χ0) is 19.3. The summed E-state index contributed by atoms with van der Waals surface area (Å²) in [6.07, 6.45) is 1.94. The Bertz CT molecular complexity index is 844. The molecule has 0 spiro atoms. The van der Waals surface area contributed by atoms with Gasteiger partial charge >= 0.3 is 5.97 Å². The SMILES string of the molecule is CSc1ccc([N+](=O)[O-])c(C(=O)O[C@H](C)C(=O)Nc2ccc(Cl)cn2)c1. The molecule has 2 rings (SSSR count). The van der Waals surface area contributed by atoms with Gasteiger partial charge in [0.1, 0.15) is 11.4 Å². The van der Waals surface area contributed by atoms with Crippen LogP contribution in [0, 0.1) is 10.1 Å². The van der Waals surface area contributed by atoms with Crippen LogP contribution in [0.1, 0.15) is 17.3 Å². The van der Waals surface area contributed by atoms with Crippen LogP contribution in [0.15, 0.2) is 41.4 Å². The number of thioether (sulfide) groups is 1. The molecule has 0 unspecified atom stereocenters. The van der Waals surface area contributed by atoms with Crippen LogP contribution < -0.4 is 5.32 Å². The Kier molecular flexibility index (Phi) is 6.53. The summed E-state index contributed by atoms with van der Waals surface area (Å²) in [5.74, 6) is -1.35. The molecule has 1 aromatic carbocycles. The van der Waals surface area contributed by atoms with E-state index >= 15 is 0 Å². The summed E-state index contributed by atoms with van der Waals surface area (Å²) in [5, 5.41) is 14.0. The van der Waals surface area contributed by atoms with Gasteiger partial charge in [-0.2, -0.15) is 0 Å². The zero-order valence-corrected chi connectivity index (χ0v) is 15.3. The predicted molar refractivity (Wildman–Crippen MR) is 97.6 cm³/mol. The van der Waals surface area contributed by atoms with Crippen molar-refractivity contribution in [3.8, 4) is 0 Å². The number of rotatable bonds is 6. The van der Waals surface area contributed by atoms with E-state index in [2.05, 4.69) is 10.3 Å². The highest BCUT2D eigenvalue weighted by molar-refractivity contribution is 7.98. The zero-order valence-electron chi connectivity index (χ0n) is 13.8. The molecule has 10 heteroatoms. The molecule has 1 aromatic heterocycles. The molecule has 26 heavy (non-hydrogen) atoms. The number of esters is 1. The largest absolute Gasteiger partial charge is 0.449 e. The minimum Gasteiger partial charge on any atom is -0.449 e. The lowest BCUT2D eigenvalue weighted by molar-refractivity contribution is -0.385. The molecule has 0 fully saturated rings. The van der Waals surface area contributed by atoms with E-state index in [0.29, 0.717) is 9.92 Å². The number of hydrogen-bond acceptors (Lipinski definition) is 7. The molecule has 2 aromatic rings. The number of anilines is 1. The molecule has 8 nitrogen and oxygen atoms in total. The summed E-state index contributed by atoms with van der Waals surface area (Å²) < 4.78 is 5.07. The Balaban J connectivity index is 2.12. The monoisotopic (exact) mass is 395 g/mol. The highest BCUT2D eigenvalue weighted by atomic mass is 35.5. The summed E-state index contributed by atoms with van der Waals surface area (Å²) in [7, 11) is 0. The molecule has 1 N–H and O–H groups in total. The second kappa shape index (κ2) is 8.63. The molecule has 0 saturated heterocycles. The fourth-order valence-electron chi connectivity index (χ4n) is 1.92.